The fourth-order valence-electron chi connectivity index (χ4n) is 3.75. The van der Waals surface area contributed by atoms with Crippen LogP contribution >= 0.6 is 11.3 Å². The maximum Gasteiger partial charge on any atom is 0.263 e. The number of anilines is 1. The van der Waals surface area contributed by atoms with E-state index in [4.69, 9.17) is 4.98 Å². The van der Waals surface area contributed by atoms with E-state index in [1.807, 2.05) is 7.05 Å². The van der Waals surface area contributed by atoms with Crippen LogP contribution in [0.25, 0.3) is 10.2 Å². The van der Waals surface area contributed by atoms with E-state index in [0.717, 1.165) is 54.9 Å². The van der Waals surface area contributed by atoms with Crippen molar-refractivity contribution in [1.29, 1.82) is 0 Å². The van der Waals surface area contributed by atoms with E-state index in [9.17, 15) is 4.79 Å². The smallest absolute Gasteiger partial charge is 0.263 e. The third kappa shape index (κ3) is 2.68. The van der Waals surface area contributed by atoms with Gasteiger partial charge in [-0.05, 0) is 64.2 Å². The molecule has 5 nitrogen and oxygen atoms in total. The Bertz CT molecular complexity index is 786. The van der Waals surface area contributed by atoms with Crippen molar-refractivity contribution in [3.63, 3.8) is 0 Å². The number of rotatable bonds is 2. The summed E-state index contributed by atoms with van der Waals surface area (Å²) >= 11 is 1.73. The zero-order valence-corrected chi connectivity index (χ0v) is 14.7. The standard InChI is InChI=1S/C17H24N4OS/c1-20-9-7-11(8-10-20)18-17-19-15-14(16(22)21(17)2)12-5-3-4-6-13(12)23-15/h11H,3-10H2,1-2H3,(H,18,19). The van der Waals surface area contributed by atoms with Crippen molar-refractivity contribution in [3.05, 3.63) is 20.8 Å². The van der Waals surface area contributed by atoms with E-state index in [-0.39, 0.29) is 5.56 Å². The third-order valence-corrected chi connectivity index (χ3v) is 6.43. The van der Waals surface area contributed by atoms with Crippen molar-refractivity contribution < 1.29 is 0 Å². The molecule has 23 heavy (non-hydrogen) atoms. The number of piperidine rings is 1. The molecule has 1 aliphatic carbocycles. The molecule has 4 rings (SSSR count). The maximum absolute atomic E-state index is 12.9. The van der Waals surface area contributed by atoms with Crippen molar-refractivity contribution in [2.45, 2.75) is 44.6 Å². The molecule has 124 valence electrons. The molecule has 6 heteroatoms. The van der Waals surface area contributed by atoms with E-state index in [2.05, 4.69) is 17.3 Å². The Labute approximate surface area is 140 Å². The first-order chi connectivity index (χ1) is 11.1. The number of nitrogens with zero attached hydrogens (tertiary/aromatic N) is 3. The second kappa shape index (κ2) is 5.91. The van der Waals surface area contributed by atoms with Crippen LogP contribution in [0, 0.1) is 0 Å². The highest BCUT2D eigenvalue weighted by Crippen LogP contribution is 2.34. The summed E-state index contributed by atoms with van der Waals surface area (Å²) in [5.41, 5.74) is 1.39. The van der Waals surface area contributed by atoms with Crippen LogP contribution in [0.4, 0.5) is 5.95 Å². The lowest BCUT2D eigenvalue weighted by Crippen LogP contribution is -2.38. The first-order valence-corrected chi connectivity index (χ1v) is 9.41. The summed E-state index contributed by atoms with van der Waals surface area (Å²) in [7, 11) is 4.01. The van der Waals surface area contributed by atoms with Gasteiger partial charge in [0.1, 0.15) is 4.83 Å². The molecule has 1 fully saturated rings. The minimum absolute atomic E-state index is 0.116. The van der Waals surface area contributed by atoms with Crippen LogP contribution in [0.3, 0.4) is 0 Å². The summed E-state index contributed by atoms with van der Waals surface area (Å²) in [6, 6.07) is 0.413. The van der Waals surface area contributed by atoms with Gasteiger partial charge in [-0.25, -0.2) is 4.98 Å². The fraction of sp³-hybridized carbons (Fsp3) is 0.647. The highest BCUT2D eigenvalue weighted by molar-refractivity contribution is 7.18. The van der Waals surface area contributed by atoms with Gasteiger partial charge in [0, 0.05) is 18.0 Å². The van der Waals surface area contributed by atoms with Crippen molar-refractivity contribution in [2.24, 2.45) is 7.05 Å². The molecule has 0 atom stereocenters. The zero-order valence-electron chi connectivity index (χ0n) is 13.9. The van der Waals surface area contributed by atoms with Crippen LogP contribution in [0.5, 0.6) is 0 Å². The van der Waals surface area contributed by atoms with E-state index < -0.39 is 0 Å². The van der Waals surface area contributed by atoms with Crippen molar-refractivity contribution in [3.8, 4) is 0 Å². The fourth-order valence-corrected chi connectivity index (χ4v) is 5.00. The number of hydrogen-bond acceptors (Lipinski definition) is 5. The lowest BCUT2D eigenvalue weighted by atomic mass is 9.97. The quantitative estimate of drug-likeness (QED) is 0.917. The molecule has 0 spiro atoms. The first kappa shape index (κ1) is 15.1. The normalized spacial score (nSPS) is 19.9. The van der Waals surface area contributed by atoms with Gasteiger partial charge in [-0.3, -0.25) is 9.36 Å². The summed E-state index contributed by atoms with van der Waals surface area (Å²) in [6.07, 6.45) is 6.78. The Morgan fingerprint density at radius 1 is 1.17 bits per heavy atom. The minimum Gasteiger partial charge on any atom is -0.353 e. The molecule has 1 aliphatic heterocycles. The first-order valence-electron chi connectivity index (χ1n) is 8.60. The van der Waals surface area contributed by atoms with Gasteiger partial charge in [0.05, 0.1) is 5.39 Å². The summed E-state index contributed by atoms with van der Waals surface area (Å²) in [5, 5.41) is 4.39. The minimum atomic E-state index is 0.116. The highest BCUT2D eigenvalue weighted by atomic mass is 32.1. The topological polar surface area (TPSA) is 50.2 Å². The predicted octanol–water partition coefficient (Wildman–Crippen LogP) is 2.38. The molecule has 0 unspecified atom stereocenters. The van der Waals surface area contributed by atoms with Crippen LogP contribution in [-0.4, -0.2) is 40.6 Å². The van der Waals surface area contributed by atoms with Crippen molar-refractivity contribution in [2.75, 3.05) is 25.5 Å². The lowest BCUT2D eigenvalue weighted by molar-refractivity contribution is 0.263. The second-order valence-corrected chi connectivity index (χ2v) is 8.00. The molecule has 2 aliphatic rings. The van der Waals surface area contributed by atoms with Gasteiger partial charge in [0.25, 0.3) is 5.56 Å². The molecule has 0 aromatic carbocycles. The molecule has 1 N–H and O–H groups in total. The van der Waals surface area contributed by atoms with Gasteiger partial charge in [-0.1, -0.05) is 0 Å². The Hall–Kier alpha value is -1.40. The molecular weight excluding hydrogens is 308 g/mol. The maximum atomic E-state index is 12.9. The molecule has 0 bridgehead atoms. The van der Waals surface area contributed by atoms with E-state index in [1.165, 1.54) is 23.3 Å². The van der Waals surface area contributed by atoms with Crippen LogP contribution in [0.2, 0.25) is 0 Å². The summed E-state index contributed by atoms with van der Waals surface area (Å²) in [5.74, 6) is 0.732. The van der Waals surface area contributed by atoms with Gasteiger partial charge in [0.2, 0.25) is 5.95 Å². The van der Waals surface area contributed by atoms with Crippen LogP contribution in [0.1, 0.15) is 36.1 Å². The predicted molar refractivity (Wildman–Crippen MR) is 95.6 cm³/mol. The highest BCUT2D eigenvalue weighted by Gasteiger charge is 2.23. The van der Waals surface area contributed by atoms with Crippen molar-refractivity contribution >= 4 is 27.5 Å². The number of nitrogens with one attached hydrogen (secondary N) is 1. The van der Waals surface area contributed by atoms with Gasteiger partial charge >= 0.3 is 0 Å². The molecule has 2 aromatic heterocycles. The third-order valence-electron chi connectivity index (χ3n) is 5.25. The number of thiophene rings is 1. The number of aryl methyl sites for hydroxylation is 2. The Morgan fingerprint density at radius 3 is 2.70 bits per heavy atom. The SMILES string of the molecule is CN1CCC(Nc2nc3sc4c(c3c(=O)n2C)CCCC4)CC1. The Kier molecular flexibility index (Phi) is 3.89. The number of aromatic nitrogens is 2. The molecule has 0 amide bonds. The Morgan fingerprint density at radius 2 is 1.91 bits per heavy atom. The monoisotopic (exact) mass is 332 g/mol. The van der Waals surface area contributed by atoms with Gasteiger partial charge < -0.3 is 10.2 Å². The number of likely N-dealkylation sites (tertiary alicyclic amines) is 1. The van der Waals surface area contributed by atoms with Crippen LogP contribution in [0.15, 0.2) is 4.79 Å². The van der Waals surface area contributed by atoms with Gasteiger partial charge in [-0.2, -0.15) is 0 Å². The lowest BCUT2D eigenvalue weighted by Gasteiger charge is -2.30. The second-order valence-electron chi connectivity index (χ2n) is 6.91. The Balaban J connectivity index is 1.71. The van der Waals surface area contributed by atoms with E-state index in [0.29, 0.717) is 6.04 Å². The average Bonchev–Trinajstić information content (AvgIpc) is 2.92. The van der Waals surface area contributed by atoms with E-state index in [1.54, 1.807) is 15.9 Å². The average molecular weight is 332 g/mol. The molecule has 0 radical (unpaired) electrons. The largest absolute Gasteiger partial charge is 0.353 e. The molecule has 2 aromatic rings. The van der Waals surface area contributed by atoms with Crippen molar-refractivity contribution in [1.82, 2.24) is 14.5 Å². The number of fused-ring (bicyclic) bond motifs is 3. The van der Waals surface area contributed by atoms with Gasteiger partial charge in [-0.15, -0.1) is 11.3 Å². The van der Waals surface area contributed by atoms with Crippen LogP contribution in [-0.2, 0) is 19.9 Å². The number of hydrogen-bond donors (Lipinski definition) is 1. The summed E-state index contributed by atoms with van der Waals surface area (Å²) in [6.45, 7) is 2.20. The summed E-state index contributed by atoms with van der Waals surface area (Å²) in [4.78, 5) is 22.3. The van der Waals surface area contributed by atoms with Gasteiger partial charge in [0.15, 0.2) is 0 Å². The zero-order chi connectivity index (χ0) is 16.0. The molecule has 3 heterocycles. The molecular formula is C17H24N4OS. The molecule has 1 saturated heterocycles. The molecule has 0 saturated carbocycles. The van der Waals surface area contributed by atoms with E-state index >= 15 is 0 Å². The summed E-state index contributed by atoms with van der Waals surface area (Å²) < 4.78 is 1.71. The van der Waals surface area contributed by atoms with Crippen LogP contribution < -0.4 is 10.9 Å².